The van der Waals surface area contributed by atoms with E-state index in [1.165, 1.54) is 0 Å². The van der Waals surface area contributed by atoms with Crippen molar-refractivity contribution in [3.05, 3.63) is 23.8 Å². The number of carboxylic acids is 1. The van der Waals surface area contributed by atoms with Crippen molar-refractivity contribution in [3.63, 3.8) is 0 Å². The van der Waals surface area contributed by atoms with E-state index in [9.17, 15) is 9.36 Å². The van der Waals surface area contributed by atoms with Gasteiger partial charge < -0.3 is 15.4 Å². The Morgan fingerprint density at radius 3 is 2.40 bits per heavy atom. The molecule has 0 atom stereocenters. The summed E-state index contributed by atoms with van der Waals surface area (Å²) in [4.78, 5) is 27.5. The Morgan fingerprint density at radius 1 is 1.40 bits per heavy atom. The Labute approximate surface area is 84.3 Å². The number of anilines is 1. The van der Waals surface area contributed by atoms with Gasteiger partial charge in [-0.1, -0.05) is 0 Å². The van der Waals surface area contributed by atoms with Crippen LogP contribution in [0, 0.1) is 0 Å². The highest BCUT2D eigenvalue weighted by Gasteiger charge is 2.18. The third-order valence-corrected chi connectivity index (χ3v) is 1.91. The summed E-state index contributed by atoms with van der Waals surface area (Å²) in [5, 5.41) is 8.58. The average molecular weight is 233 g/mol. The summed E-state index contributed by atoms with van der Waals surface area (Å²) in [5.74, 6) is -1.45. The first-order valence-electron chi connectivity index (χ1n) is 3.67. The van der Waals surface area contributed by atoms with E-state index in [1.807, 2.05) is 0 Å². The topological polar surface area (TPSA) is 130 Å². The van der Waals surface area contributed by atoms with Gasteiger partial charge in [0.25, 0.3) is 0 Å². The first-order chi connectivity index (χ1) is 6.79. The van der Waals surface area contributed by atoms with Gasteiger partial charge >= 0.3 is 13.8 Å². The molecule has 1 rings (SSSR count). The average Bonchev–Trinajstić information content (AvgIpc) is 2.05. The third-order valence-electron chi connectivity index (χ3n) is 1.47. The van der Waals surface area contributed by atoms with E-state index in [2.05, 4.69) is 4.52 Å². The minimum atomic E-state index is -4.68. The maximum Gasteiger partial charge on any atom is 0.524 e. The zero-order valence-electron chi connectivity index (χ0n) is 7.32. The van der Waals surface area contributed by atoms with Crippen LogP contribution in [-0.2, 0) is 4.57 Å². The second-order valence-electron chi connectivity index (χ2n) is 2.64. The lowest BCUT2D eigenvalue weighted by Gasteiger charge is -2.09. The molecule has 82 valence electrons. The van der Waals surface area contributed by atoms with Gasteiger partial charge in [0.05, 0.1) is 11.3 Å². The minimum absolute atomic E-state index is 0.0921. The maximum atomic E-state index is 10.5. The van der Waals surface area contributed by atoms with E-state index in [4.69, 9.17) is 20.6 Å². The normalized spacial score (nSPS) is 11.1. The number of phosphoric acid groups is 1. The number of nitrogens with two attached hydrogens (primary N) is 1. The molecular formula is C7H8NO6P. The zero-order chi connectivity index (χ0) is 11.6. The first kappa shape index (κ1) is 11.5. The van der Waals surface area contributed by atoms with Crippen LogP contribution in [0.5, 0.6) is 5.75 Å². The molecule has 0 unspecified atom stereocenters. The largest absolute Gasteiger partial charge is 0.524 e. The predicted octanol–water partition coefficient (Wildman–Crippen LogP) is 0.438. The van der Waals surface area contributed by atoms with Crippen molar-refractivity contribution in [1.29, 1.82) is 0 Å². The molecule has 0 radical (unpaired) electrons. The number of carboxylic acid groups (broad SMARTS) is 1. The van der Waals surface area contributed by atoms with Gasteiger partial charge in [0.2, 0.25) is 0 Å². The maximum absolute atomic E-state index is 10.5. The van der Waals surface area contributed by atoms with Gasteiger partial charge in [0, 0.05) is 0 Å². The fourth-order valence-corrected chi connectivity index (χ4v) is 1.32. The van der Waals surface area contributed by atoms with Crippen molar-refractivity contribution >= 4 is 19.5 Å². The summed E-state index contributed by atoms with van der Waals surface area (Å²) >= 11 is 0. The Balaban J connectivity index is 3.04. The van der Waals surface area contributed by atoms with Gasteiger partial charge in [-0.05, 0) is 18.2 Å². The van der Waals surface area contributed by atoms with Crippen LogP contribution in [0.25, 0.3) is 0 Å². The number of hydrogen-bond donors (Lipinski definition) is 4. The lowest BCUT2D eigenvalue weighted by Crippen LogP contribution is -2.00. The highest BCUT2D eigenvalue weighted by Crippen LogP contribution is 2.40. The van der Waals surface area contributed by atoms with Crippen molar-refractivity contribution in [2.75, 3.05) is 5.73 Å². The minimum Gasteiger partial charge on any atom is -0.478 e. The van der Waals surface area contributed by atoms with E-state index in [1.54, 1.807) is 0 Å². The van der Waals surface area contributed by atoms with Crippen LogP contribution in [0.2, 0.25) is 0 Å². The second-order valence-corrected chi connectivity index (χ2v) is 3.80. The third kappa shape index (κ3) is 3.25. The van der Waals surface area contributed by atoms with Crippen LogP contribution in [0.15, 0.2) is 18.2 Å². The molecule has 0 saturated heterocycles. The van der Waals surface area contributed by atoms with Crippen molar-refractivity contribution in [2.24, 2.45) is 0 Å². The quantitative estimate of drug-likeness (QED) is 0.440. The monoisotopic (exact) mass is 233 g/mol. The summed E-state index contributed by atoms with van der Waals surface area (Å²) in [7, 11) is -4.68. The molecule has 0 aliphatic carbocycles. The molecule has 15 heavy (non-hydrogen) atoms. The number of aromatic carboxylic acids is 1. The van der Waals surface area contributed by atoms with Crippen LogP contribution in [0.3, 0.4) is 0 Å². The van der Waals surface area contributed by atoms with Crippen LogP contribution >= 0.6 is 7.82 Å². The van der Waals surface area contributed by atoms with Crippen LogP contribution < -0.4 is 10.3 Å². The van der Waals surface area contributed by atoms with Gasteiger partial charge in [-0.25, -0.2) is 9.36 Å². The summed E-state index contributed by atoms with van der Waals surface area (Å²) in [6.07, 6.45) is 0. The summed E-state index contributed by atoms with van der Waals surface area (Å²) in [5.41, 5.74) is 5.09. The van der Waals surface area contributed by atoms with E-state index in [-0.39, 0.29) is 17.0 Å². The molecule has 8 heteroatoms. The molecule has 0 fully saturated rings. The molecule has 1 aromatic carbocycles. The Kier molecular flexibility index (Phi) is 2.99. The lowest BCUT2D eigenvalue weighted by molar-refractivity contribution is 0.0697. The lowest BCUT2D eigenvalue weighted by atomic mass is 10.2. The number of nitrogen functional groups attached to an aromatic ring is 1. The molecule has 5 N–H and O–H groups in total. The molecule has 0 bridgehead atoms. The highest BCUT2D eigenvalue weighted by atomic mass is 31.2. The second kappa shape index (κ2) is 3.90. The summed E-state index contributed by atoms with van der Waals surface area (Å²) < 4.78 is 14.7. The molecule has 0 aliphatic heterocycles. The van der Waals surface area contributed by atoms with Gasteiger partial charge in [0.1, 0.15) is 0 Å². The Hall–Kier alpha value is -1.56. The van der Waals surface area contributed by atoms with E-state index < -0.39 is 13.8 Å². The standard InChI is InChI=1S/C7H8NO6P/c8-5-3-4(7(9)10)1-2-6(5)14-15(11,12)13/h1-3H,8H2,(H,9,10)(H2,11,12,13). The Bertz CT molecular complexity index is 439. The van der Waals surface area contributed by atoms with Crippen molar-refractivity contribution < 1.29 is 28.8 Å². The smallest absolute Gasteiger partial charge is 0.478 e. The molecule has 0 saturated carbocycles. The number of carbonyl (C=O) groups is 1. The molecule has 0 heterocycles. The number of phosphoric ester groups is 1. The van der Waals surface area contributed by atoms with Gasteiger partial charge in [0.15, 0.2) is 5.75 Å². The predicted molar refractivity (Wildman–Crippen MR) is 50.5 cm³/mol. The van der Waals surface area contributed by atoms with Crippen LogP contribution in [0.1, 0.15) is 10.4 Å². The summed E-state index contributed by atoms with van der Waals surface area (Å²) in [6, 6.07) is 3.26. The highest BCUT2D eigenvalue weighted by molar-refractivity contribution is 7.46. The van der Waals surface area contributed by atoms with Crippen LogP contribution in [0.4, 0.5) is 5.69 Å². The number of rotatable bonds is 3. The van der Waals surface area contributed by atoms with Gasteiger partial charge in [-0.2, -0.15) is 0 Å². The van der Waals surface area contributed by atoms with Gasteiger partial charge in [-0.3, -0.25) is 9.79 Å². The fraction of sp³-hybridized carbons (Fsp3) is 0. The van der Waals surface area contributed by atoms with E-state index in [0.717, 1.165) is 18.2 Å². The van der Waals surface area contributed by atoms with E-state index >= 15 is 0 Å². The summed E-state index contributed by atoms with van der Waals surface area (Å²) in [6.45, 7) is 0. The molecule has 0 amide bonds. The van der Waals surface area contributed by atoms with Gasteiger partial charge in [-0.15, -0.1) is 0 Å². The fourth-order valence-electron chi connectivity index (χ4n) is 0.893. The molecule has 1 aromatic rings. The molecule has 0 spiro atoms. The molecule has 7 nitrogen and oxygen atoms in total. The van der Waals surface area contributed by atoms with E-state index in [0.29, 0.717) is 0 Å². The number of benzene rings is 1. The molecule has 0 aromatic heterocycles. The number of hydrogen-bond acceptors (Lipinski definition) is 4. The van der Waals surface area contributed by atoms with Crippen molar-refractivity contribution in [2.45, 2.75) is 0 Å². The van der Waals surface area contributed by atoms with Crippen molar-refractivity contribution in [1.82, 2.24) is 0 Å². The zero-order valence-corrected chi connectivity index (χ0v) is 8.22. The van der Waals surface area contributed by atoms with Crippen molar-refractivity contribution in [3.8, 4) is 5.75 Å². The molecular weight excluding hydrogens is 225 g/mol. The molecule has 0 aliphatic rings. The first-order valence-corrected chi connectivity index (χ1v) is 5.20. The van der Waals surface area contributed by atoms with Crippen LogP contribution in [-0.4, -0.2) is 20.9 Å². The SMILES string of the molecule is Nc1cc(C(=O)O)ccc1OP(=O)(O)O. The Morgan fingerprint density at radius 2 is 2.00 bits per heavy atom.